The van der Waals surface area contributed by atoms with Crippen LogP contribution in [0.15, 0.2) is 12.1 Å². The van der Waals surface area contributed by atoms with Gasteiger partial charge in [-0.1, -0.05) is 11.6 Å². The smallest absolute Gasteiger partial charge is 0.177 e. The molecule has 4 aromatic rings. The Balaban J connectivity index is 1.48. The Morgan fingerprint density at radius 3 is 2.88 bits per heavy atom. The van der Waals surface area contributed by atoms with E-state index in [2.05, 4.69) is 25.3 Å². The number of nitrogens with one attached hydrogen (secondary N) is 1. The van der Waals surface area contributed by atoms with E-state index in [1.165, 1.54) is 4.68 Å². The van der Waals surface area contributed by atoms with Gasteiger partial charge in [0.1, 0.15) is 34.0 Å². The highest BCUT2D eigenvalue weighted by atomic mass is 35.5. The fraction of sp³-hybridized carbons (Fsp3) is 0.455. The van der Waals surface area contributed by atoms with Crippen LogP contribution in [0, 0.1) is 5.82 Å². The summed E-state index contributed by atoms with van der Waals surface area (Å²) in [4.78, 5) is 11.1. The number of aryl methyl sites for hydroxylation is 1. The summed E-state index contributed by atoms with van der Waals surface area (Å²) >= 11 is 6.35. The van der Waals surface area contributed by atoms with E-state index < -0.39 is 30.7 Å². The minimum atomic E-state index is -1.19. The van der Waals surface area contributed by atoms with Gasteiger partial charge in [0.25, 0.3) is 0 Å². The van der Waals surface area contributed by atoms with Crippen LogP contribution in [0.3, 0.4) is 0 Å². The summed E-state index contributed by atoms with van der Waals surface area (Å²) in [5, 5.41) is 21.9. The number of aromatic amines is 1. The van der Waals surface area contributed by atoms with Gasteiger partial charge in [-0.2, -0.15) is 10.2 Å². The molecule has 0 spiro atoms. The molecular formula is C22H23ClF2N8O. The number of rotatable bonds is 4. The third-order valence-corrected chi connectivity index (χ3v) is 7.43. The monoisotopic (exact) mass is 488 g/mol. The molecule has 2 fully saturated rings. The number of nitrogens with two attached hydrogens (primary N) is 1. The summed E-state index contributed by atoms with van der Waals surface area (Å²) in [6.07, 6.45) is 0.785. The number of benzene rings is 1. The van der Waals surface area contributed by atoms with E-state index in [4.69, 9.17) is 17.3 Å². The molecule has 1 aromatic carbocycles. The highest BCUT2D eigenvalue weighted by Gasteiger charge is 2.48. The van der Waals surface area contributed by atoms with E-state index >= 15 is 4.39 Å². The highest BCUT2D eigenvalue weighted by molar-refractivity contribution is 6.34. The Bertz CT molecular complexity index is 1420. The van der Waals surface area contributed by atoms with Crippen molar-refractivity contribution >= 4 is 39.5 Å². The molecule has 0 radical (unpaired) electrons. The van der Waals surface area contributed by atoms with Crippen LogP contribution in [0.1, 0.15) is 31.9 Å². The van der Waals surface area contributed by atoms with Crippen molar-refractivity contribution in [2.24, 2.45) is 5.73 Å². The first-order valence-corrected chi connectivity index (χ1v) is 11.7. The molecule has 0 amide bonds. The van der Waals surface area contributed by atoms with Crippen molar-refractivity contribution in [2.75, 3.05) is 4.90 Å². The normalized spacial score (nSPS) is 24.6. The van der Waals surface area contributed by atoms with Gasteiger partial charge in [-0.05, 0) is 38.3 Å². The number of nitrogens with zero attached hydrogens (tertiary/aromatic N) is 6. The molecule has 5 heterocycles. The summed E-state index contributed by atoms with van der Waals surface area (Å²) in [5.41, 5.74) is 7.78. The van der Waals surface area contributed by atoms with Crippen LogP contribution in [0.4, 0.5) is 14.6 Å². The topological polar surface area (TPSA) is 122 Å². The fourth-order valence-electron chi connectivity index (χ4n) is 5.42. The second kappa shape index (κ2) is 7.82. The van der Waals surface area contributed by atoms with E-state index in [0.29, 0.717) is 41.9 Å². The lowest BCUT2D eigenvalue weighted by molar-refractivity contribution is 0.202. The first-order chi connectivity index (χ1) is 16.4. The molecule has 0 aliphatic carbocycles. The maximum absolute atomic E-state index is 15.6. The Labute approximate surface area is 197 Å². The molecule has 4 N–H and O–H groups in total. The van der Waals surface area contributed by atoms with Crippen LogP contribution in [0.25, 0.3) is 33.3 Å². The molecule has 2 saturated heterocycles. The number of piperidine rings is 1. The van der Waals surface area contributed by atoms with Gasteiger partial charge in [0.05, 0.1) is 23.6 Å². The predicted octanol–water partition coefficient (Wildman–Crippen LogP) is 3.08. The summed E-state index contributed by atoms with van der Waals surface area (Å²) in [6, 6.07) is 2.36. The Kier molecular flexibility index (Phi) is 4.98. The predicted molar refractivity (Wildman–Crippen MR) is 124 cm³/mol. The lowest BCUT2D eigenvalue weighted by Gasteiger charge is -2.41. The number of halogens is 3. The number of aliphatic hydroxyl groups is 1. The maximum Gasteiger partial charge on any atom is 0.177 e. The van der Waals surface area contributed by atoms with Gasteiger partial charge >= 0.3 is 0 Å². The van der Waals surface area contributed by atoms with E-state index in [0.717, 1.165) is 6.42 Å². The van der Waals surface area contributed by atoms with E-state index in [1.54, 1.807) is 12.1 Å². The minimum absolute atomic E-state index is 0.0311. The number of H-pyrrole nitrogens is 1. The second-order valence-corrected chi connectivity index (χ2v) is 9.26. The molecule has 34 heavy (non-hydrogen) atoms. The number of aromatic nitrogens is 6. The molecule has 178 valence electrons. The summed E-state index contributed by atoms with van der Waals surface area (Å²) in [5.74, 6) is -0.147. The Hall–Kier alpha value is -2.89. The second-order valence-electron chi connectivity index (χ2n) is 8.90. The van der Waals surface area contributed by atoms with Gasteiger partial charge in [-0.3, -0.25) is 9.78 Å². The van der Waals surface area contributed by atoms with Crippen molar-refractivity contribution in [3.8, 4) is 11.3 Å². The van der Waals surface area contributed by atoms with Crippen LogP contribution < -0.4 is 10.6 Å². The molecule has 2 aliphatic rings. The molecule has 0 saturated carbocycles. The SMILES string of the molecule is CCn1nc2ccc(-c3n[nH]c4nc(N5[C@H]6CC[C@@H]5[C@@H](F)[C@@H](N)C6)c(CO)nc34)c(F)c2c1Cl. The number of hydrogen-bond donors (Lipinski definition) is 3. The quantitative estimate of drug-likeness (QED) is 0.403. The van der Waals surface area contributed by atoms with Crippen molar-refractivity contribution < 1.29 is 13.9 Å². The number of anilines is 1. The van der Waals surface area contributed by atoms with Crippen LogP contribution >= 0.6 is 11.6 Å². The van der Waals surface area contributed by atoms with Crippen molar-refractivity contribution in [1.82, 2.24) is 29.9 Å². The fourth-order valence-corrected chi connectivity index (χ4v) is 5.76. The molecule has 12 heteroatoms. The Morgan fingerprint density at radius 2 is 2.12 bits per heavy atom. The third-order valence-electron chi connectivity index (χ3n) is 7.04. The molecular weight excluding hydrogens is 466 g/mol. The molecule has 2 aliphatic heterocycles. The molecule has 4 atom stereocenters. The Morgan fingerprint density at radius 1 is 1.29 bits per heavy atom. The van der Waals surface area contributed by atoms with E-state index in [-0.39, 0.29) is 33.5 Å². The van der Waals surface area contributed by atoms with Crippen LogP contribution in [0.2, 0.25) is 5.15 Å². The summed E-state index contributed by atoms with van der Waals surface area (Å²) in [7, 11) is 0. The van der Waals surface area contributed by atoms with E-state index in [1.807, 2.05) is 11.8 Å². The number of alkyl halides is 1. The third kappa shape index (κ3) is 2.96. The average molecular weight is 489 g/mol. The lowest BCUT2D eigenvalue weighted by Crippen LogP contribution is -2.56. The zero-order chi connectivity index (χ0) is 23.7. The largest absolute Gasteiger partial charge is 0.390 e. The molecule has 2 bridgehead atoms. The zero-order valence-electron chi connectivity index (χ0n) is 18.3. The number of aliphatic hydroxyl groups excluding tert-OH is 1. The molecule has 6 rings (SSSR count). The van der Waals surface area contributed by atoms with Gasteiger partial charge < -0.3 is 15.7 Å². The minimum Gasteiger partial charge on any atom is -0.390 e. The first-order valence-electron chi connectivity index (χ1n) is 11.3. The van der Waals surface area contributed by atoms with Gasteiger partial charge in [-0.25, -0.2) is 18.7 Å². The van der Waals surface area contributed by atoms with Gasteiger partial charge in [0.15, 0.2) is 11.5 Å². The standard InChI is InChI=1S/C22H23ClF2N8O/c1-2-32-20(23)15-12(31-32)5-4-10(16(15)24)18-19-21(30-29-18)28-22(13(8-34)27-19)33-9-3-6-14(33)17(25)11(26)7-9/h4-5,9,11,14,17,34H,2-3,6-8,26H2,1H3,(H,28,29,30)/t9-,11-,14+,17-/m0/s1. The zero-order valence-corrected chi connectivity index (χ0v) is 19.1. The first kappa shape index (κ1) is 21.6. The number of fused-ring (bicyclic) bond motifs is 4. The lowest BCUT2D eigenvalue weighted by atomic mass is 9.96. The van der Waals surface area contributed by atoms with Crippen LogP contribution in [-0.2, 0) is 13.2 Å². The molecule has 0 unspecified atom stereocenters. The molecule has 9 nitrogen and oxygen atoms in total. The van der Waals surface area contributed by atoms with Crippen molar-refractivity contribution in [3.05, 3.63) is 28.8 Å². The summed E-state index contributed by atoms with van der Waals surface area (Å²) in [6.45, 7) is 1.97. The van der Waals surface area contributed by atoms with Crippen molar-refractivity contribution in [1.29, 1.82) is 0 Å². The van der Waals surface area contributed by atoms with Gasteiger partial charge in [0, 0.05) is 24.2 Å². The van der Waals surface area contributed by atoms with Crippen molar-refractivity contribution in [2.45, 2.75) is 63.6 Å². The summed E-state index contributed by atoms with van der Waals surface area (Å²) < 4.78 is 31.9. The highest BCUT2D eigenvalue weighted by Crippen LogP contribution is 2.41. The maximum atomic E-state index is 15.6. The van der Waals surface area contributed by atoms with E-state index in [9.17, 15) is 9.50 Å². The van der Waals surface area contributed by atoms with Crippen LogP contribution in [0.5, 0.6) is 0 Å². The van der Waals surface area contributed by atoms with Crippen molar-refractivity contribution in [3.63, 3.8) is 0 Å². The average Bonchev–Trinajstić information content (AvgIpc) is 3.50. The van der Waals surface area contributed by atoms with Gasteiger partial charge in [-0.15, -0.1) is 0 Å². The van der Waals surface area contributed by atoms with Crippen LogP contribution in [-0.4, -0.2) is 59.3 Å². The number of hydrogen-bond acceptors (Lipinski definition) is 7. The van der Waals surface area contributed by atoms with Gasteiger partial charge in [0.2, 0.25) is 0 Å². The molecule has 3 aromatic heterocycles.